The average Bonchev–Trinajstić information content (AvgIpc) is 2.66. The van der Waals surface area contributed by atoms with Crippen molar-refractivity contribution in [1.82, 2.24) is 10.9 Å². The lowest BCUT2D eigenvalue weighted by Crippen LogP contribution is -2.44. The highest BCUT2D eigenvalue weighted by molar-refractivity contribution is 6.35. The largest absolute Gasteiger partial charge is 0.482 e. The number of nitrogens with one attached hydrogen (secondary N) is 2. The Kier molecular flexibility index (Phi) is 6.16. The summed E-state index contributed by atoms with van der Waals surface area (Å²) < 4.78 is 5.31. The number of amides is 2. The summed E-state index contributed by atoms with van der Waals surface area (Å²) in [5, 5.41) is 2.83. The molecule has 27 heavy (non-hydrogen) atoms. The van der Waals surface area contributed by atoms with E-state index in [4.69, 9.17) is 27.9 Å². The van der Waals surface area contributed by atoms with Gasteiger partial charge in [0.2, 0.25) is 5.91 Å². The van der Waals surface area contributed by atoms with Gasteiger partial charge in [-0.2, -0.15) is 0 Å². The number of benzene rings is 3. The second-order valence-corrected chi connectivity index (χ2v) is 6.62. The van der Waals surface area contributed by atoms with Crippen molar-refractivity contribution in [2.45, 2.75) is 6.42 Å². The highest BCUT2D eigenvalue weighted by atomic mass is 35.5. The quantitative estimate of drug-likeness (QED) is 0.635. The predicted molar refractivity (Wildman–Crippen MR) is 106 cm³/mol. The van der Waals surface area contributed by atoms with Gasteiger partial charge < -0.3 is 4.74 Å². The molecule has 3 rings (SSSR count). The summed E-state index contributed by atoms with van der Waals surface area (Å²) in [5.41, 5.74) is 5.58. The van der Waals surface area contributed by atoms with E-state index in [1.54, 1.807) is 12.1 Å². The maximum Gasteiger partial charge on any atom is 0.276 e. The molecule has 0 bridgehead atoms. The first kappa shape index (κ1) is 19.0. The monoisotopic (exact) mass is 402 g/mol. The van der Waals surface area contributed by atoms with Crippen LogP contribution in [0.15, 0.2) is 60.7 Å². The van der Waals surface area contributed by atoms with E-state index in [9.17, 15) is 9.59 Å². The number of carbonyl (C=O) groups excluding carboxylic acids is 2. The predicted octanol–water partition coefficient (Wildman–Crippen LogP) is 3.92. The van der Waals surface area contributed by atoms with Crippen molar-refractivity contribution >= 4 is 45.8 Å². The van der Waals surface area contributed by atoms with Crippen molar-refractivity contribution in [1.29, 1.82) is 0 Å². The summed E-state index contributed by atoms with van der Waals surface area (Å²) in [5.74, 6) is -0.505. The lowest BCUT2D eigenvalue weighted by atomic mass is 10.0. The molecule has 2 amide bonds. The fraction of sp³-hybridized carbons (Fsp3) is 0.100. The molecule has 0 aliphatic heterocycles. The zero-order valence-corrected chi connectivity index (χ0v) is 15.7. The number of fused-ring (bicyclic) bond motifs is 1. The molecule has 0 unspecified atom stereocenters. The van der Waals surface area contributed by atoms with E-state index in [1.807, 2.05) is 42.5 Å². The van der Waals surface area contributed by atoms with Crippen LogP contribution in [0.4, 0.5) is 0 Å². The Labute approximate surface area is 166 Å². The Balaban J connectivity index is 1.50. The molecule has 5 nitrogen and oxygen atoms in total. The van der Waals surface area contributed by atoms with Gasteiger partial charge in [0.05, 0.1) is 11.4 Å². The minimum atomic E-state index is -0.507. The molecule has 0 fully saturated rings. The van der Waals surface area contributed by atoms with Crippen LogP contribution in [0.1, 0.15) is 5.56 Å². The molecule has 0 spiro atoms. The molecule has 0 aliphatic carbocycles. The van der Waals surface area contributed by atoms with Crippen LogP contribution in [0, 0.1) is 0 Å². The molecule has 0 radical (unpaired) electrons. The highest BCUT2D eigenvalue weighted by Crippen LogP contribution is 2.27. The molecule has 0 heterocycles. The zero-order valence-electron chi connectivity index (χ0n) is 14.2. The fourth-order valence-corrected chi connectivity index (χ4v) is 3.04. The molecule has 0 atom stereocenters. The highest BCUT2D eigenvalue weighted by Gasteiger charge is 2.10. The molecular formula is C20H16Cl2N2O3. The van der Waals surface area contributed by atoms with Gasteiger partial charge in [0.15, 0.2) is 6.61 Å². The number of hydrazine groups is 1. The topological polar surface area (TPSA) is 67.4 Å². The van der Waals surface area contributed by atoms with Crippen molar-refractivity contribution < 1.29 is 14.3 Å². The lowest BCUT2D eigenvalue weighted by Gasteiger charge is -2.10. The lowest BCUT2D eigenvalue weighted by molar-refractivity contribution is -0.129. The number of carbonyl (C=O) groups is 2. The van der Waals surface area contributed by atoms with Gasteiger partial charge in [-0.1, -0.05) is 65.7 Å². The van der Waals surface area contributed by atoms with Crippen molar-refractivity contribution in [2.24, 2.45) is 0 Å². The normalized spacial score (nSPS) is 10.4. The second kappa shape index (κ2) is 8.75. The van der Waals surface area contributed by atoms with Crippen LogP contribution >= 0.6 is 23.2 Å². The van der Waals surface area contributed by atoms with E-state index in [0.29, 0.717) is 15.8 Å². The second-order valence-electron chi connectivity index (χ2n) is 5.77. The Bertz CT molecular complexity index is 987. The zero-order chi connectivity index (χ0) is 19.2. The van der Waals surface area contributed by atoms with Crippen LogP contribution in [0.2, 0.25) is 10.0 Å². The van der Waals surface area contributed by atoms with Gasteiger partial charge in [-0.3, -0.25) is 20.4 Å². The summed E-state index contributed by atoms with van der Waals surface area (Å²) in [6, 6.07) is 18.3. The van der Waals surface area contributed by atoms with Crippen LogP contribution in [0.25, 0.3) is 10.8 Å². The van der Waals surface area contributed by atoms with Crippen LogP contribution in [-0.4, -0.2) is 18.4 Å². The van der Waals surface area contributed by atoms with E-state index in [-0.39, 0.29) is 18.9 Å². The van der Waals surface area contributed by atoms with Gasteiger partial charge in [0.25, 0.3) is 5.91 Å². The molecule has 0 aromatic heterocycles. The smallest absolute Gasteiger partial charge is 0.276 e. The minimum absolute atomic E-state index is 0.144. The van der Waals surface area contributed by atoms with Crippen molar-refractivity contribution in [2.75, 3.05) is 6.61 Å². The molecule has 0 saturated heterocycles. The van der Waals surface area contributed by atoms with Gasteiger partial charge in [0, 0.05) is 5.02 Å². The Hall–Kier alpha value is -2.76. The Morgan fingerprint density at radius 1 is 0.889 bits per heavy atom. The van der Waals surface area contributed by atoms with Gasteiger partial charge in [-0.25, -0.2) is 0 Å². The van der Waals surface area contributed by atoms with E-state index in [2.05, 4.69) is 10.9 Å². The van der Waals surface area contributed by atoms with E-state index < -0.39 is 5.91 Å². The third-order valence-corrected chi connectivity index (χ3v) is 4.36. The number of hydrogen-bond acceptors (Lipinski definition) is 3. The summed E-state index contributed by atoms with van der Waals surface area (Å²) in [4.78, 5) is 24.0. The third-order valence-electron chi connectivity index (χ3n) is 3.82. The molecule has 0 saturated carbocycles. The minimum Gasteiger partial charge on any atom is -0.482 e. The summed E-state index contributed by atoms with van der Waals surface area (Å²) in [6.07, 6.45) is 0.144. The van der Waals surface area contributed by atoms with E-state index >= 15 is 0 Å². The Morgan fingerprint density at radius 3 is 2.44 bits per heavy atom. The average molecular weight is 403 g/mol. The first-order valence-corrected chi connectivity index (χ1v) is 8.91. The standard InChI is InChI=1S/C20H16Cl2N2O3/c21-15-8-9-18(17(22)11-15)27-12-20(26)24-23-19(25)10-14-6-3-5-13-4-1-2-7-16(13)14/h1-9,11H,10,12H2,(H,23,25)(H,24,26). The number of rotatable bonds is 5. The summed E-state index contributed by atoms with van der Waals surface area (Å²) >= 11 is 11.8. The van der Waals surface area contributed by atoms with Crippen molar-refractivity contribution in [3.63, 3.8) is 0 Å². The fourth-order valence-electron chi connectivity index (χ4n) is 2.57. The van der Waals surface area contributed by atoms with E-state index in [0.717, 1.165) is 16.3 Å². The number of halogens is 2. The molecule has 3 aromatic rings. The van der Waals surface area contributed by atoms with Gasteiger partial charge in [0.1, 0.15) is 5.75 Å². The van der Waals surface area contributed by atoms with Crippen LogP contribution in [0.5, 0.6) is 5.75 Å². The Morgan fingerprint density at radius 2 is 1.63 bits per heavy atom. The molecule has 3 aromatic carbocycles. The molecule has 138 valence electrons. The van der Waals surface area contributed by atoms with Crippen molar-refractivity contribution in [3.05, 3.63) is 76.3 Å². The van der Waals surface area contributed by atoms with Crippen molar-refractivity contribution in [3.8, 4) is 5.75 Å². The molecule has 0 aliphatic rings. The first-order valence-electron chi connectivity index (χ1n) is 8.15. The number of hydrogen-bond donors (Lipinski definition) is 2. The first-order chi connectivity index (χ1) is 13.0. The molecule has 2 N–H and O–H groups in total. The third kappa shape index (κ3) is 5.12. The van der Waals surface area contributed by atoms with Gasteiger partial charge in [-0.05, 0) is 34.5 Å². The maximum absolute atomic E-state index is 12.1. The number of ether oxygens (including phenoxy) is 1. The van der Waals surface area contributed by atoms with Crippen LogP contribution in [0.3, 0.4) is 0 Å². The van der Waals surface area contributed by atoms with Crippen LogP contribution in [-0.2, 0) is 16.0 Å². The van der Waals surface area contributed by atoms with Gasteiger partial charge >= 0.3 is 0 Å². The van der Waals surface area contributed by atoms with Gasteiger partial charge in [-0.15, -0.1) is 0 Å². The SMILES string of the molecule is O=C(COc1ccc(Cl)cc1Cl)NNC(=O)Cc1cccc2ccccc12. The summed E-state index contributed by atoms with van der Waals surface area (Å²) in [6.45, 7) is -0.296. The van der Waals surface area contributed by atoms with E-state index in [1.165, 1.54) is 6.07 Å². The molecular weight excluding hydrogens is 387 g/mol. The maximum atomic E-state index is 12.1. The van der Waals surface area contributed by atoms with Crippen LogP contribution < -0.4 is 15.6 Å². The summed E-state index contributed by atoms with van der Waals surface area (Å²) in [7, 11) is 0. The molecule has 7 heteroatoms.